The molecule has 4 rings (SSSR count). The molecule has 4 aromatic rings. The molecule has 0 spiro atoms. The first-order valence-electron chi connectivity index (χ1n) is 10.9. The van der Waals surface area contributed by atoms with Crippen LogP contribution in [0.25, 0.3) is 22.6 Å². The van der Waals surface area contributed by atoms with E-state index < -0.39 is 5.97 Å². The maximum atomic E-state index is 11.7. The molecule has 3 aromatic heterocycles. The van der Waals surface area contributed by atoms with Crippen molar-refractivity contribution in [2.24, 2.45) is 0 Å². The normalized spacial score (nSPS) is 11.3. The van der Waals surface area contributed by atoms with Crippen LogP contribution in [0.4, 0.5) is 5.82 Å². The second-order valence-electron chi connectivity index (χ2n) is 8.03. The number of carbonyl (C=O) groups is 1. The summed E-state index contributed by atoms with van der Waals surface area (Å²) >= 11 is 0. The fraction of sp³-hybridized carbons (Fsp3) is 0.292. The van der Waals surface area contributed by atoms with E-state index in [9.17, 15) is 15.0 Å². The van der Waals surface area contributed by atoms with Crippen molar-refractivity contribution in [2.45, 2.75) is 39.7 Å². The molecule has 0 fully saturated rings. The number of nitrogens with one attached hydrogen (secondary N) is 1. The summed E-state index contributed by atoms with van der Waals surface area (Å²) < 4.78 is 1.96. The average molecular weight is 447 g/mol. The third-order valence-corrected chi connectivity index (χ3v) is 5.41. The Hall–Kier alpha value is -4.01. The Morgan fingerprint density at radius 1 is 1.15 bits per heavy atom. The Morgan fingerprint density at radius 2 is 1.91 bits per heavy atom. The molecule has 170 valence electrons. The van der Waals surface area contributed by atoms with E-state index in [0.29, 0.717) is 47.0 Å². The number of nitrogens with zero attached hydrogens (tertiary/aromatic N) is 5. The van der Waals surface area contributed by atoms with Crippen LogP contribution in [-0.2, 0) is 12.8 Å². The fourth-order valence-corrected chi connectivity index (χ4v) is 3.62. The average Bonchev–Trinajstić information content (AvgIpc) is 3.24. The number of hydrogen-bond donors (Lipinski definition) is 3. The minimum absolute atomic E-state index is 0.137. The van der Waals surface area contributed by atoms with Crippen LogP contribution < -0.4 is 5.32 Å². The third kappa shape index (κ3) is 4.62. The number of aromatic nitrogens is 5. The third-order valence-electron chi connectivity index (χ3n) is 5.41. The molecule has 0 aliphatic carbocycles. The number of rotatable bonds is 8. The zero-order valence-electron chi connectivity index (χ0n) is 18.8. The molecule has 0 bridgehead atoms. The van der Waals surface area contributed by atoms with Gasteiger partial charge >= 0.3 is 5.97 Å². The number of benzene rings is 1. The van der Waals surface area contributed by atoms with Crippen molar-refractivity contribution in [1.29, 1.82) is 0 Å². The lowest BCUT2D eigenvalue weighted by atomic mass is 10.1. The van der Waals surface area contributed by atoms with Gasteiger partial charge in [0, 0.05) is 24.3 Å². The standard InChI is InChI=1S/C24H26N6O3/c1-4-19-18(24(32)33)11-16(12-26-19)21-28-22(20-23(29-21)30(13-27-20)14(2)3)25-10-9-15-5-7-17(31)8-6-15/h5-8,11-14,31H,4,9-10H2,1-3H3,(H,32,33)(H,25,28,29). The first kappa shape index (κ1) is 22.2. The monoisotopic (exact) mass is 446 g/mol. The zero-order chi connectivity index (χ0) is 23.5. The Balaban J connectivity index is 1.73. The van der Waals surface area contributed by atoms with Gasteiger partial charge in [-0.3, -0.25) is 4.98 Å². The van der Waals surface area contributed by atoms with Crippen molar-refractivity contribution < 1.29 is 15.0 Å². The summed E-state index contributed by atoms with van der Waals surface area (Å²) in [5.41, 5.74) is 3.59. The molecule has 33 heavy (non-hydrogen) atoms. The highest BCUT2D eigenvalue weighted by atomic mass is 16.4. The lowest BCUT2D eigenvalue weighted by Gasteiger charge is -2.12. The van der Waals surface area contributed by atoms with Gasteiger partial charge in [0.15, 0.2) is 17.3 Å². The van der Waals surface area contributed by atoms with Gasteiger partial charge in [0.05, 0.1) is 17.6 Å². The van der Waals surface area contributed by atoms with Crippen LogP contribution in [-0.4, -0.2) is 47.2 Å². The van der Waals surface area contributed by atoms with Crippen molar-refractivity contribution in [3.05, 3.63) is 59.7 Å². The molecule has 0 saturated carbocycles. The van der Waals surface area contributed by atoms with Gasteiger partial charge in [0.25, 0.3) is 0 Å². The zero-order valence-corrected chi connectivity index (χ0v) is 18.8. The van der Waals surface area contributed by atoms with Crippen molar-refractivity contribution in [3.8, 4) is 17.1 Å². The molecule has 0 saturated heterocycles. The first-order valence-corrected chi connectivity index (χ1v) is 10.9. The van der Waals surface area contributed by atoms with E-state index in [-0.39, 0.29) is 17.4 Å². The van der Waals surface area contributed by atoms with Crippen LogP contribution in [0.3, 0.4) is 0 Å². The molecule has 1 aromatic carbocycles. The molecule has 0 aliphatic heterocycles. The van der Waals surface area contributed by atoms with Gasteiger partial charge in [-0.15, -0.1) is 0 Å². The number of aryl methyl sites for hydroxylation is 1. The van der Waals surface area contributed by atoms with Crippen LogP contribution >= 0.6 is 0 Å². The molecular weight excluding hydrogens is 420 g/mol. The topological polar surface area (TPSA) is 126 Å². The maximum absolute atomic E-state index is 11.7. The SMILES string of the molecule is CCc1ncc(-c2nc(NCCc3ccc(O)cc3)c3ncn(C(C)C)c3n2)cc1C(=O)O. The molecular formula is C24H26N6O3. The number of aromatic carboxylic acids is 1. The first-order chi connectivity index (χ1) is 15.9. The summed E-state index contributed by atoms with van der Waals surface area (Å²) in [4.78, 5) is 30.0. The number of pyridine rings is 1. The van der Waals surface area contributed by atoms with Gasteiger partial charge in [0.2, 0.25) is 0 Å². The highest BCUT2D eigenvalue weighted by Gasteiger charge is 2.18. The summed E-state index contributed by atoms with van der Waals surface area (Å²) in [5.74, 6) is 0.164. The van der Waals surface area contributed by atoms with Crippen molar-refractivity contribution in [1.82, 2.24) is 24.5 Å². The molecule has 9 nitrogen and oxygen atoms in total. The number of carboxylic acid groups (broad SMARTS) is 1. The molecule has 9 heteroatoms. The Labute approximate surface area is 191 Å². The summed E-state index contributed by atoms with van der Waals surface area (Å²) in [6.45, 7) is 6.55. The van der Waals surface area contributed by atoms with E-state index >= 15 is 0 Å². The predicted molar refractivity (Wildman–Crippen MR) is 126 cm³/mol. The molecule has 0 aliphatic rings. The molecule has 0 radical (unpaired) electrons. The van der Waals surface area contributed by atoms with Crippen LogP contribution in [0.15, 0.2) is 42.9 Å². The van der Waals surface area contributed by atoms with Crippen LogP contribution in [0.2, 0.25) is 0 Å². The number of carboxylic acids is 1. The number of phenols is 1. The van der Waals surface area contributed by atoms with Gasteiger partial charge < -0.3 is 20.1 Å². The largest absolute Gasteiger partial charge is 0.508 e. The van der Waals surface area contributed by atoms with Crippen LogP contribution in [0.1, 0.15) is 48.4 Å². The van der Waals surface area contributed by atoms with E-state index in [2.05, 4.69) is 20.3 Å². The van der Waals surface area contributed by atoms with E-state index in [1.807, 2.05) is 37.5 Å². The number of hydrogen-bond acceptors (Lipinski definition) is 7. The number of phenolic OH excluding ortho intramolecular Hbond substituents is 1. The Kier molecular flexibility index (Phi) is 6.21. The van der Waals surface area contributed by atoms with Crippen LogP contribution in [0, 0.1) is 0 Å². The van der Waals surface area contributed by atoms with Crippen molar-refractivity contribution in [3.63, 3.8) is 0 Å². The van der Waals surface area contributed by atoms with Crippen molar-refractivity contribution >= 4 is 23.0 Å². The Morgan fingerprint density at radius 3 is 2.58 bits per heavy atom. The smallest absolute Gasteiger partial charge is 0.337 e. The summed E-state index contributed by atoms with van der Waals surface area (Å²) in [5, 5.41) is 22.4. The van der Waals surface area contributed by atoms with Crippen LogP contribution in [0.5, 0.6) is 5.75 Å². The highest BCUT2D eigenvalue weighted by Crippen LogP contribution is 2.27. The molecule has 3 N–H and O–H groups in total. The maximum Gasteiger partial charge on any atom is 0.337 e. The van der Waals surface area contributed by atoms with Crippen molar-refractivity contribution in [2.75, 3.05) is 11.9 Å². The number of imidazole rings is 1. The van der Waals surface area contributed by atoms with Gasteiger partial charge in [-0.05, 0) is 50.5 Å². The minimum Gasteiger partial charge on any atom is -0.508 e. The predicted octanol–water partition coefficient (Wildman–Crippen LogP) is 4.09. The fourth-order valence-electron chi connectivity index (χ4n) is 3.62. The minimum atomic E-state index is -1.03. The van der Waals surface area contributed by atoms with E-state index in [1.165, 1.54) is 0 Å². The van der Waals surface area contributed by atoms with Gasteiger partial charge in [-0.2, -0.15) is 0 Å². The molecule has 0 unspecified atom stereocenters. The number of aromatic hydroxyl groups is 1. The summed E-state index contributed by atoms with van der Waals surface area (Å²) in [6.07, 6.45) is 4.59. The van der Waals surface area contributed by atoms with Gasteiger partial charge in [-0.1, -0.05) is 19.1 Å². The summed E-state index contributed by atoms with van der Waals surface area (Å²) in [7, 11) is 0. The Bertz CT molecular complexity index is 1300. The second kappa shape index (κ2) is 9.23. The van der Waals surface area contributed by atoms with Gasteiger partial charge in [0.1, 0.15) is 11.3 Å². The second-order valence-corrected chi connectivity index (χ2v) is 8.03. The molecule has 0 atom stereocenters. The quantitative estimate of drug-likeness (QED) is 0.369. The summed E-state index contributed by atoms with van der Waals surface area (Å²) in [6, 6.07) is 8.78. The van der Waals surface area contributed by atoms with E-state index in [1.54, 1.807) is 30.7 Å². The lowest BCUT2D eigenvalue weighted by Crippen LogP contribution is -2.10. The van der Waals surface area contributed by atoms with Gasteiger partial charge in [-0.25, -0.2) is 19.7 Å². The molecule has 3 heterocycles. The molecule has 0 amide bonds. The number of anilines is 1. The number of fused-ring (bicyclic) bond motifs is 1. The lowest BCUT2D eigenvalue weighted by molar-refractivity contribution is 0.0695. The van der Waals surface area contributed by atoms with E-state index in [0.717, 1.165) is 12.0 Å². The van der Waals surface area contributed by atoms with E-state index in [4.69, 9.17) is 4.98 Å². The highest BCUT2D eigenvalue weighted by molar-refractivity contribution is 5.91.